The van der Waals surface area contributed by atoms with E-state index in [1.54, 1.807) is 0 Å². The number of thioether (sulfide) groups is 1. The Morgan fingerprint density at radius 2 is 1.93 bits per heavy atom. The third kappa shape index (κ3) is 3.25. The van der Waals surface area contributed by atoms with Crippen molar-refractivity contribution in [3.05, 3.63) is 0 Å². The lowest BCUT2D eigenvalue weighted by atomic mass is 10.0. The molecule has 6 heteroatoms. The quantitative estimate of drug-likeness (QED) is 0.528. The van der Waals surface area contributed by atoms with Gasteiger partial charge in [-0.3, -0.25) is 0 Å². The highest BCUT2D eigenvalue weighted by molar-refractivity contribution is 8.01. The predicted molar refractivity (Wildman–Crippen MR) is 63.3 cm³/mol. The highest BCUT2D eigenvalue weighted by atomic mass is 32.2. The molecule has 1 heterocycles. The maximum atomic E-state index is 9.70. The second-order valence-electron chi connectivity index (χ2n) is 3.88. The van der Waals surface area contributed by atoms with E-state index < -0.39 is 23.6 Å². The fraction of sp³-hybridized carbons (Fsp3) is 1.00. The van der Waals surface area contributed by atoms with E-state index in [1.807, 2.05) is 13.8 Å². The smallest absolute Gasteiger partial charge is 0.118 e. The normalized spacial score (nSPS) is 42.2. The monoisotopic (exact) mass is 254 g/mol. The Labute approximate surface area is 99.4 Å². The van der Waals surface area contributed by atoms with Crippen molar-refractivity contribution in [1.29, 1.82) is 0 Å². The predicted octanol–water partition coefficient (Wildman–Crippen LogP) is -0.135. The Kier molecular flexibility index (Phi) is 5.21. The summed E-state index contributed by atoms with van der Waals surface area (Å²) in [5.74, 6) is 0. The lowest BCUT2D eigenvalue weighted by Gasteiger charge is -2.40. The molecule has 4 nitrogen and oxygen atoms in total. The average molecular weight is 254 g/mol. The van der Waals surface area contributed by atoms with Crippen LogP contribution in [0.15, 0.2) is 0 Å². The zero-order valence-electron chi connectivity index (χ0n) is 8.78. The summed E-state index contributed by atoms with van der Waals surface area (Å²) in [5.41, 5.74) is -0.302. The van der Waals surface area contributed by atoms with Crippen LogP contribution in [-0.2, 0) is 4.74 Å². The summed E-state index contributed by atoms with van der Waals surface area (Å²) in [4.78, 5) is 0. The number of thiol groups is 1. The van der Waals surface area contributed by atoms with Gasteiger partial charge in [-0.25, -0.2) is 0 Å². The van der Waals surface area contributed by atoms with Gasteiger partial charge >= 0.3 is 0 Å². The van der Waals surface area contributed by atoms with Crippen LogP contribution in [-0.4, -0.2) is 56.2 Å². The van der Waals surface area contributed by atoms with Crippen LogP contribution in [0.4, 0.5) is 0 Å². The van der Waals surface area contributed by atoms with Crippen molar-refractivity contribution in [2.24, 2.45) is 0 Å². The van der Waals surface area contributed by atoms with Crippen molar-refractivity contribution in [3.63, 3.8) is 0 Å². The largest absolute Gasteiger partial charge is 0.394 e. The third-order valence-electron chi connectivity index (χ3n) is 2.25. The Morgan fingerprint density at radius 3 is 2.40 bits per heavy atom. The zero-order chi connectivity index (χ0) is 11.6. The molecule has 1 aliphatic rings. The van der Waals surface area contributed by atoms with Crippen LogP contribution in [0.5, 0.6) is 0 Å². The van der Waals surface area contributed by atoms with E-state index in [-0.39, 0.29) is 12.0 Å². The Balaban J connectivity index is 2.65. The van der Waals surface area contributed by atoms with Gasteiger partial charge < -0.3 is 20.1 Å². The van der Waals surface area contributed by atoms with Crippen molar-refractivity contribution < 1.29 is 20.1 Å². The molecule has 0 unspecified atom stereocenters. The molecule has 1 fully saturated rings. The maximum Gasteiger partial charge on any atom is 0.118 e. The first-order valence-electron chi connectivity index (χ1n) is 4.93. The number of rotatable bonds is 3. The molecule has 0 aromatic carbocycles. The molecular weight excluding hydrogens is 236 g/mol. The van der Waals surface area contributed by atoms with Crippen molar-refractivity contribution in [1.82, 2.24) is 0 Å². The van der Waals surface area contributed by atoms with Crippen LogP contribution in [0, 0.1) is 0 Å². The lowest BCUT2D eigenvalue weighted by Crippen LogP contribution is -2.55. The standard InChI is InChI=1S/C9H18O4S2/c1-4(2)15-9-8(14)7(12)6(11)5(3-10)13-9/h4-12,14H,3H2,1-2H3/t5-,6+,7+,8-,9+/m1/s1. The summed E-state index contributed by atoms with van der Waals surface area (Å²) in [5, 5.41) is 28.2. The molecule has 1 saturated heterocycles. The summed E-state index contributed by atoms with van der Waals surface area (Å²) in [6, 6.07) is 0. The molecule has 0 aliphatic carbocycles. The second kappa shape index (κ2) is 5.75. The highest BCUT2D eigenvalue weighted by Crippen LogP contribution is 2.33. The molecule has 90 valence electrons. The lowest BCUT2D eigenvalue weighted by molar-refractivity contribution is -0.153. The van der Waals surface area contributed by atoms with Gasteiger partial charge in [-0.2, -0.15) is 12.6 Å². The zero-order valence-corrected chi connectivity index (χ0v) is 10.5. The van der Waals surface area contributed by atoms with E-state index in [2.05, 4.69) is 12.6 Å². The molecule has 0 saturated carbocycles. The van der Waals surface area contributed by atoms with Crippen LogP contribution >= 0.6 is 24.4 Å². The van der Waals surface area contributed by atoms with E-state index in [0.717, 1.165) is 0 Å². The first-order valence-corrected chi connectivity index (χ1v) is 6.39. The molecule has 5 atom stereocenters. The number of hydrogen-bond acceptors (Lipinski definition) is 6. The SMILES string of the molecule is CC(C)S[C@@H]1O[C@H](CO)[C@H](O)[C@H](O)[C@H]1S. The van der Waals surface area contributed by atoms with Crippen LogP contribution in [0.1, 0.15) is 13.8 Å². The van der Waals surface area contributed by atoms with Crippen LogP contribution < -0.4 is 0 Å². The molecular formula is C9H18O4S2. The van der Waals surface area contributed by atoms with Crippen molar-refractivity contribution in [3.8, 4) is 0 Å². The van der Waals surface area contributed by atoms with E-state index in [1.165, 1.54) is 11.8 Å². The topological polar surface area (TPSA) is 69.9 Å². The molecule has 0 radical (unpaired) electrons. The summed E-state index contributed by atoms with van der Waals surface area (Å²) < 4.78 is 5.47. The number of aliphatic hydroxyl groups excluding tert-OH is 3. The molecule has 1 aliphatic heterocycles. The van der Waals surface area contributed by atoms with Gasteiger partial charge in [0, 0.05) is 5.25 Å². The Morgan fingerprint density at radius 1 is 1.33 bits per heavy atom. The van der Waals surface area contributed by atoms with E-state index >= 15 is 0 Å². The van der Waals surface area contributed by atoms with E-state index in [4.69, 9.17) is 9.84 Å². The number of hydrogen-bond donors (Lipinski definition) is 4. The van der Waals surface area contributed by atoms with E-state index in [0.29, 0.717) is 5.25 Å². The fourth-order valence-corrected chi connectivity index (χ4v) is 2.97. The molecule has 0 spiro atoms. The van der Waals surface area contributed by atoms with Crippen LogP contribution in [0.2, 0.25) is 0 Å². The molecule has 0 aromatic heterocycles. The fourth-order valence-electron chi connectivity index (χ4n) is 1.45. The maximum absolute atomic E-state index is 9.70. The minimum atomic E-state index is -1.07. The van der Waals surface area contributed by atoms with Gasteiger partial charge in [0.25, 0.3) is 0 Å². The van der Waals surface area contributed by atoms with Crippen molar-refractivity contribution in [2.45, 2.75) is 48.1 Å². The van der Waals surface area contributed by atoms with Gasteiger partial charge in [-0.05, 0) is 0 Å². The second-order valence-corrected chi connectivity index (χ2v) is 6.16. The van der Waals surface area contributed by atoms with Gasteiger partial charge in [-0.15, -0.1) is 11.8 Å². The first kappa shape index (κ1) is 13.6. The summed E-state index contributed by atoms with van der Waals surface area (Å²) >= 11 is 5.75. The van der Waals surface area contributed by atoms with E-state index in [9.17, 15) is 10.2 Å². The van der Waals surface area contributed by atoms with Gasteiger partial charge in [0.1, 0.15) is 17.6 Å². The van der Waals surface area contributed by atoms with Crippen molar-refractivity contribution in [2.75, 3.05) is 6.61 Å². The van der Waals surface area contributed by atoms with Gasteiger partial charge in [0.05, 0.1) is 18.0 Å². The molecule has 1 rings (SSSR count). The van der Waals surface area contributed by atoms with Crippen LogP contribution in [0.3, 0.4) is 0 Å². The van der Waals surface area contributed by atoms with Gasteiger partial charge in [0.2, 0.25) is 0 Å². The van der Waals surface area contributed by atoms with Gasteiger partial charge in [0.15, 0.2) is 0 Å². The van der Waals surface area contributed by atoms with Crippen molar-refractivity contribution >= 4 is 24.4 Å². The van der Waals surface area contributed by atoms with Gasteiger partial charge in [-0.1, -0.05) is 13.8 Å². The summed E-state index contributed by atoms with van der Waals surface area (Å²) in [6.45, 7) is 3.73. The molecule has 0 aromatic rings. The number of ether oxygens (including phenoxy) is 1. The first-order chi connectivity index (χ1) is 6.97. The molecule has 3 N–H and O–H groups in total. The minimum Gasteiger partial charge on any atom is -0.394 e. The Hall–Kier alpha value is 0.540. The molecule has 0 bridgehead atoms. The average Bonchev–Trinajstić information content (AvgIpc) is 2.18. The third-order valence-corrected chi connectivity index (χ3v) is 4.25. The summed E-state index contributed by atoms with van der Waals surface area (Å²) in [6.07, 6.45) is -2.75. The Bertz CT molecular complexity index is 201. The molecule has 0 amide bonds. The number of aliphatic hydroxyl groups is 3. The summed E-state index contributed by atoms with van der Waals surface area (Å²) in [7, 11) is 0. The molecule has 15 heavy (non-hydrogen) atoms. The highest BCUT2D eigenvalue weighted by Gasteiger charge is 2.42. The van der Waals surface area contributed by atoms with Crippen LogP contribution in [0.25, 0.3) is 0 Å². The minimum absolute atomic E-state index is 0.298.